The number of fused-ring (bicyclic) bond motifs is 5. The average Bonchev–Trinajstić information content (AvgIpc) is 2.77. The standard InChI is InChI=1S/C21H28O4/c1-12(22)21(25)18(24)11-17-15-5-4-13-10-14(23)6-8-19(13,2)16(15)7-9-20(17,21)3/h6,8,10,12,15-17,22,25H,4-5,7,9,11H2,1-3H3/t12-,15-,16+,17+,19+,20+,21-/m1/s1. The number of carbonyl (C=O) groups is 2. The summed E-state index contributed by atoms with van der Waals surface area (Å²) in [7, 11) is 0. The van der Waals surface area contributed by atoms with Gasteiger partial charge in [0.25, 0.3) is 0 Å². The number of hydrogen-bond donors (Lipinski definition) is 2. The van der Waals surface area contributed by atoms with Crippen molar-refractivity contribution in [3.8, 4) is 0 Å². The van der Waals surface area contributed by atoms with Crippen molar-refractivity contribution in [1.82, 2.24) is 0 Å². The Hall–Kier alpha value is -1.26. The number of aliphatic hydroxyl groups excluding tert-OH is 1. The van der Waals surface area contributed by atoms with Crippen molar-refractivity contribution in [1.29, 1.82) is 0 Å². The summed E-state index contributed by atoms with van der Waals surface area (Å²) in [5.74, 6) is 0.708. The monoisotopic (exact) mass is 344 g/mol. The minimum atomic E-state index is -1.63. The first-order valence-corrected chi connectivity index (χ1v) is 9.52. The van der Waals surface area contributed by atoms with Crippen LogP contribution in [0.15, 0.2) is 23.8 Å². The van der Waals surface area contributed by atoms with E-state index in [1.165, 1.54) is 12.5 Å². The summed E-state index contributed by atoms with van der Waals surface area (Å²) >= 11 is 0. The van der Waals surface area contributed by atoms with E-state index in [9.17, 15) is 19.8 Å². The molecule has 4 rings (SSSR count). The third-order valence-electron chi connectivity index (χ3n) is 8.25. The van der Waals surface area contributed by atoms with Crippen LogP contribution >= 0.6 is 0 Å². The van der Waals surface area contributed by atoms with Crippen LogP contribution in [0.5, 0.6) is 0 Å². The molecule has 136 valence electrons. The molecule has 0 aromatic carbocycles. The van der Waals surface area contributed by atoms with Crippen LogP contribution < -0.4 is 0 Å². The molecule has 0 aromatic heterocycles. The number of carbonyl (C=O) groups excluding carboxylic acids is 2. The van der Waals surface area contributed by atoms with Gasteiger partial charge in [-0.05, 0) is 62.5 Å². The molecule has 0 radical (unpaired) electrons. The van der Waals surface area contributed by atoms with Crippen molar-refractivity contribution < 1.29 is 19.8 Å². The molecule has 4 aliphatic carbocycles. The van der Waals surface area contributed by atoms with E-state index in [4.69, 9.17) is 0 Å². The summed E-state index contributed by atoms with van der Waals surface area (Å²) in [5.41, 5.74) is -1.09. The maximum absolute atomic E-state index is 12.7. The number of Topliss-reactive ketones (excluding diaryl/α,β-unsaturated/α-hetero) is 1. The Labute approximate surface area is 149 Å². The first kappa shape index (κ1) is 17.2. The summed E-state index contributed by atoms with van der Waals surface area (Å²) in [4.78, 5) is 24.5. The van der Waals surface area contributed by atoms with Crippen LogP contribution in [0.1, 0.15) is 52.9 Å². The molecule has 0 bridgehead atoms. The molecule has 0 aliphatic heterocycles. The van der Waals surface area contributed by atoms with Crippen molar-refractivity contribution in [3.63, 3.8) is 0 Å². The number of aliphatic hydroxyl groups is 2. The zero-order chi connectivity index (χ0) is 18.2. The number of hydrogen-bond acceptors (Lipinski definition) is 4. The second-order valence-corrected chi connectivity index (χ2v) is 9.13. The lowest BCUT2D eigenvalue weighted by atomic mass is 9.47. The van der Waals surface area contributed by atoms with Crippen molar-refractivity contribution in [2.75, 3.05) is 0 Å². The fourth-order valence-electron chi connectivity index (χ4n) is 6.75. The van der Waals surface area contributed by atoms with Gasteiger partial charge in [0.2, 0.25) is 0 Å². The Bertz CT molecular complexity index is 705. The summed E-state index contributed by atoms with van der Waals surface area (Å²) in [5, 5.41) is 21.4. The Kier molecular flexibility index (Phi) is 3.53. The van der Waals surface area contributed by atoms with E-state index in [1.54, 1.807) is 12.2 Å². The molecule has 2 N–H and O–H groups in total. The van der Waals surface area contributed by atoms with E-state index in [0.717, 1.165) is 25.7 Å². The highest BCUT2D eigenvalue weighted by Gasteiger charge is 2.68. The van der Waals surface area contributed by atoms with Crippen molar-refractivity contribution >= 4 is 11.6 Å². The molecule has 0 heterocycles. The van der Waals surface area contributed by atoms with Crippen LogP contribution in [0, 0.1) is 28.6 Å². The molecule has 0 aromatic rings. The molecule has 0 unspecified atom stereocenters. The molecule has 4 aliphatic rings. The smallest absolute Gasteiger partial charge is 0.178 e. The van der Waals surface area contributed by atoms with Gasteiger partial charge in [0.1, 0.15) is 0 Å². The second kappa shape index (κ2) is 5.14. The second-order valence-electron chi connectivity index (χ2n) is 9.13. The Morgan fingerprint density at radius 1 is 1.20 bits per heavy atom. The molecule has 3 fully saturated rings. The third kappa shape index (κ3) is 1.95. The lowest BCUT2D eigenvalue weighted by molar-refractivity contribution is -0.178. The van der Waals surface area contributed by atoms with Gasteiger partial charge in [-0.15, -0.1) is 0 Å². The quantitative estimate of drug-likeness (QED) is 0.767. The molecule has 0 spiro atoms. The fourth-order valence-corrected chi connectivity index (χ4v) is 6.75. The minimum Gasteiger partial charge on any atom is -0.390 e. The van der Waals surface area contributed by atoms with E-state index in [-0.39, 0.29) is 22.9 Å². The van der Waals surface area contributed by atoms with Crippen LogP contribution in [0.4, 0.5) is 0 Å². The summed E-state index contributed by atoms with van der Waals surface area (Å²) in [6.07, 6.45) is 8.34. The van der Waals surface area contributed by atoms with Crippen molar-refractivity contribution in [3.05, 3.63) is 23.8 Å². The molecule has 25 heavy (non-hydrogen) atoms. The molecular weight excluding hydrogens is 316 g/mol. The van der Waals surface area contributed by atoms with E-state index in [2.05, 4.69) is 13.0 Å². The average molecular weight is 344 g/mol. The summed E-state index contributed by atoms with van der Waals surface area (Å²) < 4.78 is 0. The number of rotatable bonds is 1. The normalized spacial score (nSPS) is 50.0. The molecule has 0 amide bonds. The van der Waals surface area contributed by atoms with E-state index < -0.39 is 17.1 Å². The maximum Gasteiger partial charge on any atom is 0.178 e. The molecule has 0 saturated heterocycles. The SMILES string of the molecule is C[C@@H](O)[C@@]1(O)C(=O)C[C@H]2[C@@H]3CCC4=CC(=O)C=C[C@]4(C)[C@H]3CC[C@@]21C. The zero-order valence-electron chi connectivity index (χ0n) is 15.3. The predicted molar refractivity (Wildman–Crippen MR) is 93.6 cm³/mol. The van der Waals surface area contributed by atoms with Crippen LogP contribution in [-0.2, 0) is 9.59 Å². The number of allylic oxidation sites excluding steroid dienone is 4. The maximum atomic E-state index is 12.7. The highest BCUT2D eigenvalue weighted by Crippen LogP contribution is 2.66. The van der Waals surface area contributed by atoms with Crippen LogP contribution in [0.3, 0.4) is 0 Å². The summed E-state index contributed by atoms with van der Waals surface area (Å²) in [6, 6.07) is 0. The largest absolute Gasteiger partial charge is 0.390 e. The minimum absolute atomic E-state index is 0.0751. The molecule has 3 saturated carbocycles. The van der Waals surface area contributed by atoms with Crippen LogP contribution in [-0.4, -0.2) is 33.5 Å². The first-order chi connectivity index (χ1) is 11.6. The molecule has 4 nitrogen and oxygen atoms in total. The van der Waals surface area contributed by atoms with Gasteiger partial charge in [-0.25, -0.2) is 0 Å². The lowest BCUT2D eigenvalue weighted by Crippen LogP contribution is -2.60. The van der Waals surface area contributed by atoms with Crippen molar-refractivity contribution in [2.45, 2.75) is 64.6 Å². The highest BCUT2D eigenvalue weighted by molar-refractivity contribution is 6.01. The fraction of sp³-hybridized carbons (Fsp3) is 0.714. The van der Waals surface area contributed by atoms with Gasteiger partial charge in [-0.3, -0.25) is 9.59 Å². The lowest BCUT2D eigenvalue weighted by Gasteiger charge is -2.58. The molecule has 4 heteroatoms. The van der Waals surface area contributed by atoms with Gasteiger partial charge in [0.05, 0.1) is 6.10 Å². The topological polar surface area (TPSA) is 74.6 Å². The van der Waals surface area contributed by atoms with Gasteiger partial charge in [0.15, 0.2) is 17.2 Å². The Balaban J connectivity index is 1.74. The van der Waals surface area contributed by atoms with E-state index >= 15 is 0 Å². The Morgan fingerprint density at radius 2 is 1.92 bits per heavy atom. The number of ketones is 2. The van der Waals surface area contributed by atoms with E-state index in [1.807, 2.05) is 6.92 Å². The van der Waals surface area contributed by atoms with Gasteiger partial charge in [-0.2, -0.15) is 0 Å². The Morgan fingerprint density at radius 3 is 2.60 bits per heavy atom. The van der Waals surface area contributed by atoms with Gasteiger partial charge in [0, 0.05) is 17.3 Å². The van der Waals surface area contributed by atoms with Gasteiger partial charge in [-0.1, -0.05) is 25.5 Å². The molecular formula is C21H28O4. The zero-order valence-corrected chi connectivity index (χ0v) is 15.3. The van der Waals surface area contributed by atoms with Crippen LogP contribution in [0.2, 0.25) is 0 Å². The van der Waals surface area contributed by atoms with Gasteiger partial charge < -0.3 is 10.2 Å². The highest BCUT2D eigenvalue weighted by atomic mass is 16.4. The summed E-state index contributed by atoms with van der Waals surface area (Å²) in [6.45, 7) is 5.76. The first-order valence-electron chi connectivity index (χ1n) is 9.52. The third-order valence-corrected chi connectivity index (χ3v) is 8.25. The predicted octanol–water partition coefficient (Wildman–Crippen LogP) is 2.59. The molecule has 7 atom stereocenters. The van der Waals surface area contributed by atoms with Gasteiger partial charge >= 0.3 is 0 Å². The van der Waals surface area contributed by atoms with Crippen molar-refractivity contribution in [2.24, 2.45) is 28.6 Å². The van der Waals surface area contributed by atoms with E-state index in [0.29, 0.717) is 18.3 Å². The van der Waals surface area contributed by atoms with Crippen LogP contribution in [0.25, 0.3) is 0 Å².